The number of benzene rings is 1. The van der Waals surface area contributed by atoms with Crippen molar-refractivity contribution in [2.24, 2.45) is 0 Å². The number of unbranched alkanes of at least 4 members (excludes halogenated alkanes) is 3. The van der Waals surface area contributed by atoms with E-state index in [9.17, 15) is 9.90 Å². The fourth-order valence-electron chi connectivity index (χ4n) is 1.98. The molecule has 1 atom stereocenters. The van der Waals surface area contributed by atoms with Crippen molar-refractivity contribution in [2.45, 2.75) is 38.0 Å². The normalized spacial score (nSPS) is 12.3. The zero-order valence-electron chi connectivity index (χ0n) is 10.3. The number of aliphatic carboxylic acids is 1. The molecule has 1 rings (SSSR count). The topological polar surface area (TPSA) is 57.5 Å². The summed E-state index contributed by atoms with van der Waals surface area (Å²) in [6.45, 7) is 0.215. The van der Waals surface area contributed by atoms with Crippen molar-refractivity contribution >= 4 is 21.9 Å². The molecule has 0 heterocycles. The van der Waals surface area contributed by atoms with Gasteiger partial charge in [-0.05, 0) is 24.5 Å². The standard InChI is InChI=1S/C14H19BrO3/c15-13-9-5-4-7-11(13)12(14(17)18)8-3-1-2-6-10-16/h4-5,7,9,12,16H,1-3,6,8,10H2,(H,17,18). The molecular weight excluding hydrogens is 296 g/mol. The number of halogens is 1. The number of rotatable bonds is 8. The van der Waals surface area contributed by atoms with E-state index >= 15 is 0 Å². The fourth-order valence-corrected chi connectivity index (χ4v) is 2.54. The Morgan fingerprint density at radius 1 is 1.17 bits per heavy atom. The minimum absolute atomic E-state index is 0.215. The minimum atomic E-state index is -0.774. The number of carboxylic acids is 1. The molecule has 0 radical (unpaired) electrons. The van der Waals surface area contributed by atoms with Gasteiger partial charge in [-0.3, -0.25) is 4.79 Å². The van der Waals surface area contributed by atoms with Crippen LogP contribution in [0.4, 0.5) is 0 Å². The second-order valence-corrected chi connectivity index (χ2v) is 5.19. The smallest absolute Gasteiger partial charge is 0.311 e. The van der Waals surface area contributed by atoms with Gasteiger partial charge >= 0.3 is 5.97 Å². The highest BCUT2D eigenvalue weighted by atomic mass is 79.9. The molecule has 3 nitrogen and oxygen atoms in total. The molecule has 0 bridgehead atoms. The molecule has 18 heavy (non-hydrogen) atoms. The van der Waals surface area contributed by atoms with E-state index in [0.29, 0.717) is 6.42 Å². The largest absolute Gasteiger partial charge is 0.481 e. The van der Waals surface area contributed by atoms with Crippen molar-refractivity contribution in [2.75, 3.05) is 6.61 Å². The molecule has 4 heteroatoms. The van der Waals surface area contributed by atoms with Crippen LogP contribution in [0.1, 0.15) is 43.6 Å². The third-order valence-electron chi connectivity index (χ3n) is 2.98. The maximum absolute atomic E-state index is 11.3. The first kappa shape index (κ1) is 15.2. The van der Waals surface area contributed by atoms with Gasteiger partial charge in [0.05, 0.1) is 5.92 Å². The molecule has 1 unspecified atom stereocenters. The van der Waals surface area contributed by atoms with E-state index in [4.69, 9.17) is 5.11 Å². The van der Waals surface area contributed by atoms with Gasteiger partial charge < -0.3 is 10.2 Å². The number of hydrogen-bond donors (Lipinski definition) is 2. The predicted octanol–water partition coefficient (Wildman–Crippen LogP) is 3.56. The Morgan fingerprint density at radius 2 is 1.83 bits per heavy atom. The summed E-state index contributed by atoms with van der Waals surface area (Å²) in [7, 11) is 0. The Labute approximate surface area is 116 Å². The van der Waals surface area contributed by atoms with E-state index in [0.717, 1.165) is 35.7 Å². The molecule has 0 aromatic heterocycles. The second kappa shape index (κ2) is 8.27. The highest BCUT2D eigenvalue weighted by molar-refractivity contribution is 9.10. The number of hydrogen-bond acceptors (Lipinski definition) is 2. The highest BCUT2D eigenvalue weighted by Gasteiger charge is 2.21. The van der Waals surface area contributed by atoms with Crippen LogP contribution in [0.25, 0.3) is 0 Å². The molecular formula is C14H19BrO3. The monoisotopic (exact) mass is 314 g/mol. The van der Waals surface area contributed by atoms with E-state index in [1.807, 2.05) is 24.3 Å². The molecule has 0 saturated heterocycles. The summed E-state index contributed by atoms with van der Waals surface area (Å²) in [5.41, 5.74) is 0.840. The van der Waals surface area contributed by atoms with Crippen molar-refractivity contribution in [3.05, 3.63) is 34.3 Å². The Morgan fingerprint density at radius 3 is 2.44 bits per heavy atom. The molecule has 1 aromatic rings. The highest BCUT2D eigenvalue weighted by Crippen LogP contribution is 2.29. The lowest BCUT2D eigenvalue weighted by molar-refractivity contribution is -0.139. The van der Waals surface area contributed by atoms with Gasteiger partial charge in [-0.2, -0.15) is 0 Å². The summed E-state index contributed by atoms with van der Waals surface area (Å²) in [5, 5.41) is 18.0. The lowest BCUT2D eigenvalue weighted by atomic mass is 9.93. The lowest BCUT2D eigenvalue weighted by Crippen LogP contribution is -2.12. The number of carboxylic acid groups (broad SMARTS) is 1. The van der Waals surface area contributed by atoms with E-state index in [-0.39, 0.29) is 6.61 Å². The predicted molar refractivity (Wildman–Crippen MR) is 74.7 cm³/mol. The zero-order chi connectivity index (χ0) is 13.4. The van der Waals surface area contributed by atoms with Crippen LogP contribution in [-0.2, 0) is 4.79 Å². The van der Waals surface area contributed by atoms with Crippen LogP contribution in [0.15, 0.2) is 28.7 Å². The van der Waals surface area contributed by atoms with Gasteiger partial charge in [0, 0.05) is 11.1 Å². The Kier molecular flexibility index (Phi) is 6.98. The minimum Gasteiger partial charge on any atom is -0.481 e. The summed E-state index contributed by atoms with van der Waals surface area (Å²) in [4.78, 5) is 11.3. The van der Waals surface area contributed by atoms with Crippen molar-refractivity contribution < 1.29 is 15.0 Å². The number of carbonyl (C=O) groups is 1. The van der Waals surface area contributed by atoms with Crippen molar-refractivity contribution in [1.82, 2.24) is 0 Å². The van der Waals surface area contributed by atoms with Gasteiger partial charge in [-0.25, -0.2) is 0 Å². The molecule has 0 aliphatic heterocycles. The Hall–Kier alpha value is -0.870. The van der Waals surface area contributed by atoms with E-state index < -0.39 is 11.9 Å². The van der Waals surface area contributed by atoms with Crippen LogP contribution in [0.3, 0.4) is 0 Å². The van der Waals surface area contributed by atoms with E-state index in [1.165, 1.54) is 0 Å². The van der Waals surface area contributed by atoms with Crippen LogP contribution in [-0.4, -0.2) is 22.8 Å². The van der Waals surface area contributed by atoms with Gasteiger partial charge in [0.15, 0.2) is 0 Å². The van der Waals surface area contributed by atoms with Gasteiger partial charge in [-0.15, -0.1) is 0 Å². The first-order chi connectivity index (χ1) is 8.66. The molecule has 0 aliphatic carbocycles. The zero-order valence-corrected chi connectivity index (χ0v) is 11.9. The Bertz CT molecular complexity index is 379. The molecule has 100 valence electrons. The van der Waals surface area contributed by atoms with Crippen molar-refractivity contribution in [3.8, 4) is 0 Å². The third-order valence-corrected chi connectivity index (χ3v) is 3.70. The van der Waals surface area contributed by atoms with E-state index in [1.54, 1.807) is 0 Å². The summed E-state index contributed by atoms with van der Waals surface area (Å²) >= 11 is 3.40. The second-order valence-electron chi connectivity index (χ2n) is 4.34. The maximum Gasteiger partial charge on any atom is 0.311 e. The van der Waals surface area contributed by atoms with Crippen LogP contribution in [0.2, 0.25) is 0 Å². The van der Waals surface area contributed by atoms with Crippen LogP contribution in [0.5, 0.6) is 0 Å². The Balaban J connectivity index is 2.56. The SMILES string of the molecule is O=C(O)C(CCCCCCO)c1ccccc1Br. The first-order valence-electron chi connectivity index (χ1n) is 6.25. The van der Waals surface area contributed by atoms with Gasteiger partial charge in [0.2, 0.25) is 0 Å². The third kappa shape index (κ3) is 4.78. The van der Waals surface area contributed by atoms with Gasteiger partial charge in [0.1, 0.15) is 0 Å². The maximum atomic E-state index is 11.3. The molecule has 2 N–H and O–H groups in total. The van der Waals surface area contributed by atoms with Gasteiger partial charge in [0.25, 0.3) is 0 Å². The first-order valence-corrected chi connectivity index (χ1v) is 7.04. The summed E-state index contributed by atoms with van der Waals surface area (Å²) < 4.78 is 0.854. The van der Waals surface area contributed by atoms with Crippen LogP contribution < -0.4 is 0 Å². The fraction of sp³-hybridized carbons (Fsp3) is 0.500. The lowest BCUT2D eigenvalue weighted by Gasteiger charge is -2.14. The quantitative estimate of drug-likeness (QED) is 0.721. The molecule has 0 saturated carbocycles. The number of aliphatic hydroxyl groups excluding tert-OH is 1. The molecule has 0 aliphatic rings. The molecule has 0 spiro atoms. The van der Waals surface area contributed by atoms with Crippen molar-refractivity contribution in [1.29, 1.82) is 0 Å². The number of aliphatic hydroxyl groups is 1. The molecule has 0 amide bonds. The summed E-state index contributed by atoms with van der Waals surface area (Å²) in [5.74, 6) is -1.22. The molecule has 0 fully saturated rings. The summed E-state index contributed by atoms with van der Waals surface area (Å²) in [6, 6.07) is 7.48. The average Bonchev–Trinajstić information content (AvgIpc) is 2.35. The van der Waals surface area contributed by atoms with Crippen LogP contribution >= 0.6 is 15.9 Å². The van der Waals surface area contributed by atoms with Crippen molar-refractivity contribution in [3.63, 3.8) is 0 Å². The van der Waals surface area contributed by atoms with Gasteiger partial charge in [-0.1, -0.05) is 53.4 Å². The van der Waals surface area contributed by atoms with Crippen LogP contribution in [0, 0.1) is 0 Å². The summed E-state index contributed by atoms with van der Waals surface area (Å²) in [6.07, 6.45) is 4.24. The average molecular weight is 315 g/mol. The molecule has 1 aromatic carbocycles. The van der Waals surface area contributed by atoms with E-state index in [2.05, 4.69) is 15.9 Å².